The van der Waals surface area contributed by atoms with Gasteiger partial charge in [0.05, 0.1) is 0 Å². The van der Waals surface area contributed by atoms with Gasteiger partial charge >= 0.3 is 0 Å². The molecule has 0 aliphatic heterocycles. The van der Waals surface area contributed by atoms with E-state index in [1.807, 2.05) is 26.0 Å². The SMILES string of the molecule is C#CCC(C)NC(=O)c1cccc(Br)c1C. The van der Waals surface area contributed by atoms with Crippen molar-refractivity contribution in [3.8, 4) is 12.3 Å². The first-order chi connectivity index (χ1) is 7.56. The molecule has 1 atom stereocenters. The van der Waals surface area contributed by atoms with Crippen molar-refractivity contribution in [1.29, 1.82) is 0 Å². The molecule has 1 unspecified atom stereocenters. The first kappa shape index (κ1) is 12.8. The second kappa shape index (κ2) is 5.72. The van der Waals surface area contributed by atoms with E-state index in [2.05, 4.69) is 27.2 Å². The molecular weight excluding hydrogens is 266 g/mol. The second-order valence-corrected chi connectivity index (χ2v) is 4.55. The lowest BCUT2D eigenvalue weighted by atomic mass is 10.1. The van der Waals surface area contributed by atoms with E-state index in [1.165, 1.54) is 0 Å². The highest BCUT2D eigenvalue weighted by Gasteiger charge is 2.12. The molecule has 0 aliphatic carbocycles. The van der Waals surface area contributed by atoms with Crippen molar-refractivity contribution in [2.24, 2.45) is 0 Å². The maximum Gasteiger partial charge on any atom is 0.251 e. The van der Waals surface area contributed by atoms with E-state index >= 15 is 0 Å². The van der Waals surface area contributed by atoms with Crippen molar-refractivity contribution in [1.82, 2.24) is 5.32 Å². The molecule has 0 fully saturated rings. The Bertz CT molecular complexity index is 434. The highest BCUT2D eigenvalue weighted by Crippen LogP contribution is 2.19. The third kappa shape index (κ3) is 3.11. The van der Waals surface area contributed by atoms with Gasteiger partial charge in [-0.1, -0.05) is 22.0 Å². The molecule has 2 nitrogen and oxygen atoms in total. The first-order valence-electron chi connectivity index (χ1n) is 5.05. The summed E-state index contributed by atoms with van der Waals surface area (Å²) in [5.41, 5.74) is 1.62. The van der Waals surface area contributed by atoms with Gasteiger partial charge in [-0.05, 0) is 31.5 Å². The summed E-state index contributed by atoms with van der Waals surface area (Å²) in [4.78, 5) is 11.9. The third-order valence-electron chi connectivity index (χ3n) is 2.31. The van der Waals surface area contributed by atoms with Gasteiger partial charge < -0.3 is 5.32 Å². The van der Waals surface area contributed by atoms with E-state index in [0.29, 0.717) is 12.0 Å². The average molecular weight is 280 g/mol. The molecule has 3 heteroatoms. The minimum atomic E-state index is -0.0819. The summed E-state index contributed by atoms with van der Waals surface area (Å²) in [6.45, 7) is 3.80. The summed E-state index contributed by atoms with van der Waals surface area (Å²) in [6, 6.07) is 5.56. The van der Waals surface area contributed by atoms with Crippen LogP contribution in [0.25, 0.3) is 0 Å². The Morgan fingerprint density at radius 2 is 2.31 bits per heavy atom. The number of halogens is 1. The molecule has 0 aliphatic rings. The smallest absolute Gasteiger partial charge is 0.251 e. The average Bonchev–Trinajstić information content (AvgIpc) is 2.22. The zero-order chi connectivity index (χ0) is 12.1. The molecular formula is C13H14BrNO. The molecule has 0 saturated heterocycles. The van der Waals surface area contributed by atoms with Crippen molar-refractivity contribution in [2.75, 3.05) is 0 Å². The van der Waals surface area contributed by atoms with Crippen molar-refractivity contribution in [2.45, 2.75) is 26.3 Å². The van der Waals surface area contributed by atoms with E-state index in [4.69, 9.17) is 6.42 Å². The molecule has 1 amide bonds. The van der Waals surface area contributed by atoms with Crippen LogP contribution in [0, 0.1) is 19.3 Å². The van der Waals surface area contributed by atoms with Crippen molar-refractivity contribution >= 4 is 21.8 Å². The molecule has 1 rings (SSSR count). The van der Waals surface area contributed by atoms with E-state index < -0.39 is 0 Å². The van der Waals surface area contributed by atoms with Gasteiger partial charge in [0.2, 0.25) is 0 Å². The molecule has 0 aromatic heterocycles. The molecule has 1 aromatic carbocycles. The number of terminal acetylenes is 1. The number of carbonyl (C=O) groups excluding carboxylic acids is 1. The summed E-state index contributed by atoms with van der Waals surface area (Å²) >= 11 is 3.40. The van der Waals surface area contributed by atoms with Gasteiger partial charge in [0.15, 0.2) is 0 Å². The maximum absolute atomic E-state index is 11.9. The molecule has 16 heavy (non-hydrogen) atoms. The number of hydrogen-bond donors (Lipinski definition) is 1. The van der Waals surface area contributed by atoms with Crippen LogP contribution in [-0.2, 0) is 0 Å². The Labute approximate surface area is 105 Å². The molecule has 84 valence electrons. The molecule has 0 radical (unpaired) electrons. The van der Waals surface area contributed by atoms with Crippen LogP contribution in [0.2, 0.25) is 0 Å². The monoisotopic (exact) mass is 279 g/mol. The Morgan fingerprint density at radius 3 is 2.94 bits per heavy atom. The number of hydrogen-bond acceptors (Lipinski definition) is 1. The Hall–Kier alpha value is -1.27. The lowest BCUT2D eigenvalue weighted by Crippen LogP contribution is -2.32. The molecule has 0 bridgehead atoms. The molecule has 1 N–H and O–H groups in total. The van der Waals surface area contributed by atoms with Crippen molar-refractivity contribution in [3.05, 3.63) is 33.8 Å². The van der Waals surface area contributed by atoms with E-state index in [0.717, 1.165) is 10.0 Å². The minimum absolute atomic E-state index is 0.00381. The van der Waals surface area contributed by atoms with E-state index in [1.54, 1.807) is 6.07 Å². The topological polar surface area (TPSA) is 29.1 Å². The highest BCUT2D eigenvalue weighted by molar-refractivity contribution is 9.10. The molecule has 1 aromatic rings. The van der Waals surface area contributed by atoms with Crippen LogP contribution in [0.3, 0.4) is 0 Å². The van der Waals surface area contributed by atoms with Crippen molar-refractivity contribution < 1.29 is 4.79 Å². The van der Waals surface area contributed by atoms with Crippen LogP contribution in [0.1, 0.15) is 29.3 Å². The van der Waals surface area contributed by atoms with Crippen LogP contribution in [-0.4, -0.2) is 11.9 Å². The summed E-state index contributed by atoms with van der Waals surface area (Å²) in [7, 11) is 0. The van der Waals surface area contributed by atoms with Gasteiger partial charge in [0, 0.05) is 22.5 Å². The van der Waals surface area contributed by atoms with Crippen LogP contribution in [0.15, 0.2) is 22.7 Å². The van der Waals surface area contributed by atoms with Gasteiger partial charge in [-0.15, -0.1) is 12.3 Å². The van der Waals surface area contributed by atoms with Gasteiger partial charge in [0.1, 0.15) is 0 Å². The minimum Gasteiger partial charge on any atom is -0.349 e. The zero-order valence-corrected chi connectivity index (χ0v) is 11.0. The second-order valence-electron chi connectivity index (χ2n) is 3.70. The predicted molar refractivity (Wildman–Crippen MR) is 69.3 cm³/mol. The molecule has 0 spiro atoms. The standard InChI is InChI=1S/C13H14BrNO/c1-4-6-9(2)15-13(16)11-7-5-8-12(14)10(11)3/h1,5,7-9H,6H2,2-3H3,(H,15,16). The van der Waals surface area contributed by atoms with Gasteiger partial charge in [-0.25, -0.2) is 0 Å². The Kier molecular flexibility index (Phi) is 4.57. The fraction of sp³-hybridized carbons (Fsp3) is 0.308. The van der Waals surface area contributed by atoms with Gasteiger partial charge in [0.25, 0.3) is 5.91 Å². The van der Waals surface area contributed by atoms with E-state index in [-0.39, 0.29) is 11.9 Å². The summed E-state index contributed by atoms with van der Waals surface area (Å²) in [5, 5.41) is 2.86. The number of benzene rings is 1. The largest absolute Gasteiger partial charge is 0.349 e. The van der Waals surface area contributed by atoms with Crippen LogP contribution < -0.4 is 5.32 Å². The molecule has 0 saturated carbocycles. The van der Waals surface area contributed by atoms with Gasteiger partial charge in [-0.3, -0.25) is 4.79 Å². The summed E-state index contributed by atoms with van der Waals surface area (Å²) < 4.78 is 0.935. The quantitative estimate of drug-likeness (QED) is 0.847. The molecule has 0 heterocycles. The highest BCUT2D eigenvalue weighted by atomic mass is 79.9. The Morgan fingerprint density at radius 1 is 1.62 bits per heavy atom. The number of amides is 1. The predicted octanol–water partition coefficient (Wildman–Crippen LogP) is 2.90. The third-order valence-corrected chi connectivity index (χ3v) is 3.17. The van der Waals surface area contributed by atoms with Gasteiger partial charge in [-0.2, -0.15) is 0 Å². The first-order valence-corrected chi connectivity index (χ1v) is 5.85. The van der Waals surface area contributed by atoms with Crippen LogP contribution in [0.5, 0.6) is 0 Å². The fourth-order valence-corrected chi connectivity index (χ4v) is 1.75. The van der Waals surface area contributed by atoms with Crippen LogP contribution >= 0.6 is 15.9 Å². The van der Waals surface area contributed by atoms with E-state index in [9.17, 15) is 4.79 Å². The van der Waals surface area contributed by atoms with Crippen LogP contribution in [0.4, 0.5) is 0 Å². The fourth-order valence-electron chi connectivity index (χ4n) is 1.38. The summed E-state index contributed by atoms with van der Waals surface area (Å²) in [5.74, 6) is 2.44. The maximum atomic E-state index is 11.9. The number of nitrogens with one attached hydrogen (secondary N) is 1. The zero-order valence-electron chi connectivity index (χ0n) is 9.38. The lowest BCUT2D eigenvalue weighted by Gasteiger charge is -2.12. The lowest BCUT2D eigenvalue weighted by molar-refractivity contribution is 0.0940. The Balaban J connectivity index is 2.82. The number of carbonyl (C=O) groups is 1. The normalized spacial score (nSPS) is 11.6. The van der Waals surface area contributed by atoms with Crippen molar-refractivity contribution in [3.63, 3.8) is 0 Å². The number of rotatable bonds is 3. The summed E-state index contributed by atoms with van der Waals surface area (Å²) in [6.07, 6.45) is 5.73.